The zero-order valence-electron chi connectivity index (χ0n) is 11.1. The molecule has 102 valence electrons. The molecule has 1 aromatic rings. The van der Waals surface area contributed by atoms with Gasteiger partial charge in [0.2, 0.25) is 0 Å². The van der Waals surface area contributed by atoms with Crippen LogP contribution in [0, 0.1) is 11.1 Å². The minimum absolute atomic E-state index is 0.0123. The molecule has 19 heavy (non-hydrogen) atoms. The van der Waals surface area contributed by atoms with Crippen LogP contribution in [0.15, 0.2) is 23.0 Å². The molecule has 0 bridgehead atoms. The van der Waals surface area contributed by atoms with Crippen LogP contribution in [0.4, 0.5) is 0 Å². The number of hydroxylamine groups is 3. The van der Waals surface area contributed by atoms with Crippen molar-refractivity contribution >= 4 is 0 Å². The molecule has 0 aromatic carbocycles. The Morgan fingerprint density at radius 2 is 2.00 bits per heavy atom. The van der Waals surface area contributed by atoms with Crippen LogP contribution in [0.1, 0.15) is 37.3 Å². The summed E-state index contributed by atoms with van der Waals surface area (Å²) in [5.74, 6) is 0.711. The van der Waals surface area contributed by atoms with E-state index < -0.39 is 0 Å². The number of quaternary nitrogens is 1. The Hall–Kier alpha value is -1.13. The Morgan fingerprint density at radius 1 is 1.21 bits per heavy atom. The van der Waals surface area contributed by atoms with Crippen LogP contribution >= 0.6 is 0 Å². The molecule has 1 aromatic heterocycles. The van der Waals surface area contributed by atoms with Gasteiger partial charge in [-0.25, -0.2) is 0 Å². The van der Waals surface area contributed by atoms with Crippen molar-refractivity contribution in [2.75, 3.05) is 13.1 Å². The van der Waals surface area contributed by atoms with Crippen LogP contribution in [-0.2, 0) is 6.54 Å². The van der Waals surface area contributed by atoms with Crippen LogP contribution in [0.5, 0.6) is 0 Å². The van der Waals surface area contributed by atoms with Crippen LogP contribution in [0.3, 0.4) is 0 Å². The average Bonchev–Trinajstić information content (AvgIpc) is 2.40. The van der Waals surface area contributed by atoms with E-state index in [1.54, 1.807) is 6.07 Å². The molecule has 2 fully saturated rings. The summed E-state index contributed by atoms with van der Waals surface area (Å²) in [7, 11) is 0. The van der Waals surface area contributed by atoms with Gasteiger partial charge >= 0.3 is 0 Å². The quantitative estimate of drug-likeness (QED) is 0.527. The maximum absolute atomic E-state index is 13.1. The van der Waals surface area contributed by atoms with Crippen LogP contribution in [-0.4, -0.2) is 28.3 Å². The van der Waals surface area contributed by atoms with Gasteiger partial charge in [-0.1, -0.05) is 6.07 Å². The minimum atomic E-state index is 0.0123. The Balaban J connectivity index is 1.87. The van der Waals surface area contributed by atoms with Gasteiger partial charge in [0.25, 0.3) is 5.56 Å². The standard InChI is InChI=1S/C15H20N2O2/c18-14-7-1-6-13-12-5-3-9-17(19)8-2-4-11(15(12)17)10-16(13)14/h1,6-7,11-12,15H,2-5,8-10H2. The molecule has 0 N–H and O–H groups in total. The molecule has 0 aliphatic carbocycles. The van der Waals surface area contributed by atoms with Crippen molar-refractivity contribution in [3.63, 3.8) is 0 Å². The van der Waals surface area contributed by atoms with Crippen molar-refractivity contribution < 1.29 is 4.65 Å². The second-order valence-corrected chi connectivity index (χ2v) is 6.44. The molecule has 4 atom stereocenters. The van der Waals surface area contributed by atoms with E-state index in [4.69, 9.17) is 0 Å². The van der Waals surface area contributed by atoms with Crippen molar-refractivity contribution in [1.82, 2.24) is 4.57 Å². The summed E-state index contributed by atoms with van der Waals surface area (Å²) in [6.45, 7) is 2.34. The fourth-order valence-corrected chi connectivity index (χ4v) is 4.80. The number of rotatable bonds is 0. The molecule has 4 unspecified atom stereocenters. The van der Waals surface area contributed by atoms with Gasteiger partial charge in [-0.2, -0.15) is 0 Å². The van der Waals surface area contributed by atoms with E-state index in [-0.39, 0.29) is 16.2 Å². The molecule has 2 saturated heterocycles. The van der Waals surface area contributed by atoms with Crippen molar-refractivity contribution in [3.8, 4) is 0 Å². The van der Waals surface area contributed by atoms with Gasteiger partial charge in [-0.05, 0) is 31.7 Å². The molecule has 3 aliphatic rings. The lowest BCUT2D eigenvalue weighted by Gasteiger charge is -2.61. The molecule has 0 amide bonds. The van der Waals surface area contributed by atoms with E-state index in [1.807, 2.05) is 10.6 Å². The van der Waals surface area contributed by atoms with Gasteiger partial charge < -0.3 is 14.4 Å². The number of piperidine rings is 2. The zero-order valence-corrected chi connectivity index (χ0v) is 11.1. The minimum Gasteiger partial charge on any atom is -0.633 e. The van der Waals surface area contributed by atoms with Crippen LogP contribution in [0.25, 0.3) is 0 Å². The van der Waals surface area contributed by atoms with Crippen molar-refractivity contribution in [1.29, 1.82) is 0 Å². The molecule has 4 heterocycles. The Bertz CT molecular complexity index is 564. The van der Waals surface area contributed by atoms with Gasteiger partial charge in [0, 0.05) is 24.2 Å². The number of pyridine rings is 1. The van der Waals surface area contributed by atoms with Crippen LogP contribution < -0.4 is 5.56 Å². The van der Waals surface area contributed by atoms with E-state index in [1.165, 1.54) is 0 Å². The lowest BCUT2D eigenvalue weighted by molar-refractivity contribution is -0.922. The predicted molar refractivity (Wildman–Crippen MR) is 72.6 cm³/mol. The largest absolute Gasteiger partial charge is 0.633 e. The second kappa shape index (κ2) is 3.93. The first kappa shape index (κ1) is 11.7. The van der Waals surface area contributed by atoms with E-state index in [0.29, 0.717) is 11.8 Å². The Morgan fingerprint density at radius 3 is 2.84 bits per heavy atom. The van der Waals surface area contributed by atoms with E-state index in [0.717, 1.165) is 51.0 Å². The monoisotopic (exact) mass is 260 g/mol. The summed E-state index contributed by atoms with van der Waals surface area (Å²) >= 11 is 0. The van der Waals surface area contributed by atoms with Crippen molar-refractivity contribution in [2.24, 2.45) is 5.92 Å². The second-order valence-electron chi connectivity index (χ2n) is 6.44. The average molecular weight is 260 g/mol. The molecule has 0 spiro atoms. The lowest BCUT2D eigenvalue weighted by Crippen LogP contribution is -2.65. The highest BCUT2D eigenvalue weighted by molar-refractivity contribution is 5.18. The maximum Gasteiger partial charge on any atom is 0.250 e. The predicted octanol–water partition coefficient (Wildman–Crippen LogP) is 1.83. The molecule has 0 radical (unpaired) electrons. The van der Waals surface area contributed by atoms with Crippen molar-refractivity contribution in [3.05, 3.63) is 39.5 Å². The normalized spacial score (nSPS) is 40.4. The Labute approximate surface area is 112 Å². The molecular formula is C15H20N2O2. The van der Waals surface area contributed by atoms with Gasteiger partial charge in [0.1, 0.15) is 6.04 Å². The summed E-state index contributed by atoms with van der Waals surface area (Å²) in [6, 6.07) is 5.77. The summed E-state index contributed by atoms with van der Waals surface area (Å²) in [5, 5.41) is 13.1. The third-order valence-electron chi connectivity index (χ3n) is 5.48. The SMILES string of the molecule is O=c1cccc2n1CC1CCC[N+]3([O-])CCCC2C13. The van der Waals surface area contributed by atoms with Gasteiger partial charge in [-0.15, -0.1) is 0 Å². The molecule has 0 saturated carbocycles. The molecule has 3 aliphatic heterocycles. The number of hydrogen-bond donors (Lipinski definition) is 0. The molecule has 4 rings (SSSR count). The highest BCUT2D eigenvalue weighted by Crippen LogP contribution is 2.47. The van der Waals surface area contributed by atoms with Crippen LogP contribution in [0.2, 0.25) is 0 Å². The van der Waals surface area contributed by atoms with E-state index in [2.05, 4.69) is 6.07 Å². The summed E-state index contributed by atoms with van der Waals surface area (Å²) in [4.78, 5) is 12.1. The number of aromatic nitrogens is 1. The fourth-order valence-electron chi connectivity index (χ4n) is 4.80. The topological polar surface area (TPSA) is 45.1 Å². The summed E-state index contributed by atoms with van der Waals surface area (Å²) in [6.07, 6.45) is 4.21. The third kappa shape index (κ3) is 1.56. The highest BCUT2D eigenvalue weighted by atomic mass is 16.5. The maximum atomic E-state index is 13.1. The van der Waals surface area contributed by atoms with E-state index in [9.17, 15) is 10.0 Å². The highest BCUT2D eigenvalue weighted by Gasteiger charge is 2.50. The van der Waals surface area contributed by atoms with Gasteiger partial charge in [-0.3, -0.25) is 4.79 Å². The zero-order chi connectivity index (χ0) is 13.0. The first-order valence-corrected chi connectivity index (χ1v) is 7.46. The number of nitrogens with zero attached hydrogens (tertiary/aromatic N) is 2. The number of fused-ring (bicyclic) bond motifs is 2. The first-order valence-electron chi connectivity index (χ1n) is 7.46. The fraction of sp³-hybridized carbons (Fsp3) is 0.667. The van der Waals surface area contributed by atoms with Gasteiger partial charge in [0.05, 0.1) is 19.0 Å². The Kier molecular flexibility index (Phi) is 2.42. The third-order valence-corrected chi connectivity index (χ3v) is 5.48. The smallest absolute Gasteiger partial charge is 0.250 e. The molecule has 4 nitrogen and oxygen atoms in total. The summed E-state index contributed by atoms with van der Waals surface area (Å²) in [5.41, 5.74) is 1.23. The molecule has 4 heteroatoms. The van der Waals surface area contributed by atoms with Gasteiger partial charge in [0.15, 0.2) is 0 Å². The number of hydrogen-bond acceptors (Lipinski definition) is 2. The summed E-state index contributed by atoms with van der Waals surface area (Å²) < 4.78 is 1.95. The van der Waals surface area contributed by atoms with E-state index >= 15 is 0 Å². The lowest BCUT2D eigenvalue weighted by atomic mass is 9.72. The van der Waals surface area contributed by atoms with Crippen molar-refractivity contribution in [2.45, 2.75) is 44.2 Å². The molecular weight excluding hydrogens is 240 g/mol. The first-order chi connectivity index (χ1) is 9.19.